The molecule has 10 nitrogen and oxygen atoms in total. The number of phenols is 1. The molecule has 1 aliphatic heterocycles. The fraction of sp³-hybridized carbons (Fsp3) is 0.318. The minimum absolute atomic E-state index is 0.0390. The predicted molar refractivity (Wildman–Crippen MR) is 111 cm³/mol. The van der Waals surface area contributed by atoms with Gasteiger partial charge >= 0.3 is 0 Å². The number of hydrogen-bond donors (Lipinski definition) is 5. The zero-order chi connectivity index (χ0) is 23.0. The molecular weight excluding hydrogens is 424 g/mol. The molecule has 2 heterocycles. The van der Waals surface area contributed by atoms with Gasteiger partial charge in [0, 0.05) is 23.8 Å². The molecule has 0 radical (unpaired) electrons. The number of aliphatic hydroxyl groups is 4. The van der Waals surface area contributed by atoms with Crippen LogP contribution < -0.4 is 14.9 Å². The number of fused-ring (bicyclic) bond motifs is 1. The van der Waals surface area contributed by atoms with Gasteiger partial charge in [0.1, 0.15) is 58.4 Å². The molecule has 0 bridgehead atoms. The van der Waals surface area contributed by atoms with Gasteiger partial charge in [-0.3, -0.25) is 4.79 Å². The van der Waals surface area contributed by atoms with Crippen LogP contribution in [0.5, 0.6) is 17.2 Å². The summed E-state index contributed by atoms with van der Waals surface area (Å²) in [5.74, 6) is 0.594. The van der Waals surface area contributed by atoms with Gasteiger partial charge < -0.3 is 44.2 Å². The van der Waals surface area contributed by atoms with Crippen LogP contribution in [0.15, 0.2) is 51.7 Å². The maximum Gasteiger partial charge on any atom is 0.229 e. The Morgan fingerprint density at radius 1 is 0.969 bits per heavy atom. The molecule has 1 aromatic heterocycles. The zero-order valence-electron chi connectivity index (χ0n) is 16.9. The number of ether oxygens (including phenoxy) is 3. The van der Waals surface area contributed by atoms with Gasteiger partial charge in [0.15, 0.2) is 5.43 Å². The van der Waals surface area contributed by atoms with Gasteiger partial charge in [-0.25, -0.2) is 0 Å². The van der Waals surface area contributed by atoms with Gasteiger partial charge in [-0.1, -0.05) is 0 Å². The van der Waals surface area contributed by atoms with Crippen molar-refractivity contribution in [1.29, 1.82) is 0 Å². The van der Waals surface area contributed by atoms with E-state index in [0.717, 1.165) is 0 Å². The average Bonchev–Trinajstić information content (AvgIpc) is 2.79. The lowest BCUT2D eigenvalue weighted by molar-refractivity contribution is -0.277. The summed E-state index contributed by atoms with van der Waals surface area (Å²) in [4.78, 5) is 12.5. The van der Waals surface area contributed by atoms with Crippen molar-refractivity contribution in [3.63, 3.8) is 0 Å². The lowest BCUT2D eigenvalue weighted by Gasteiger charge is -2.39. The molecule has 1 saturated heterocycles. The average molecular weight is 446 g/mol. The van der Waals surface area contributed by atoms with Crippen molar-refractivity contribution in [3.05, 3.63) is 52.7 Å². The topological polar surface area (TPSA) is 159 Å². The van der Waals surface area contributed by atoms with Crippen LogP contribution in [0.3, 0.4) is 0 Å². The summed E-state index contributed by atoms with van der Waals surface area (Å²) >= 11 is 0. The highest BCUT2D eigenvalue weighted by molar-refractivity contribution is 5.86. The highest BCUT2D eigenvalue weighted by atomic mass is 16.7. The number of methoxy groups -OCH3 is 1. The van der Waals surface area contributed by atoms with Gasteiger partial charge in [0.25, 0.3) is 0 Å². The van der Waals surface area contributed by atoms with Crippen molar-refractivity contribution >= 4 is 11.0 Å². The second-order valence-corrected chi connectivity index (χ2v) is 7.33. The number of phenolic OH excluding ortho intramolecular Hbond substituents is 1. The summed E-state index contributed by atoms with van der Waals surface area (Å²) in [5.41, 5.74) is 0.265. The summed E-state index contributed by atoms with van der Waals surface area (Å²) in [6.07, 6.45) is -6.96. The highest BCUT2D eigenvalue weighted by Gasteiger charge is 2.44. The van der Waals surface area contributed by atoms with Crippen molar-refractivity contribution in [2.24, 2.45) is 0 Å². The van der Waals surface area contributed by atoms with E-state index in [-0.39, 0.29) is 28.2 Å². The largest absolute Gasteiger partial charge is 0.507 e. The van der Waals surface area contributed by atoms with E-state index in [9.17, 15) is 30.3 Å². The van der Waals surface area contributed by atoms with Crippen LogP contribution in [-0.2, 0) is 4.74 Å². The van der Waals surface area contributed by atoms with Crippen LogP contribution in [0.2, 0.25) is 0 Å². The maximum atomic E-state index is 12.5. The molecule has 0 amide bonds. The minimum Gasteiger partial charge on any atom is -0.507 e. The quantitative estimate of drug-likeness (QED) is 0.370. The van der Waals surface area contributed by atoms with Gasteiger partial charge in [0.2, 0.25) is 6.29 Å². The van der Waals surface area contributed by atoms with E-state index in [1.54, 1.807) is 12.1 Å². The SMILES string of the molecule is COc1cc(O)c2c(=O)cc(-c3ccc(O[C@H]4O[C@H](CO)[C@@H](O)[C@H](O)[C@H]4O)cc3)oc2c1. The summed E-state index contributed by atoms with van der Waals surface area (Å²) in [7, 11) is 1.43. The highest BCUT2D eigenvalue weighted by Crippen LogP contribution is 2.32. The molecule has 32 heavy (non-hydrogen) atoms. The monoisotopic (exact) mass is 446 g/mol. The van der Waals surface area contributed by atoms with Crippen molar-refractivity contribution in [3.8, 4) is 28.6 Å². The first kappa shape index (κ1) is 22.1. The van der Waals surface area contributed by atoms with Crippen molar-refractivity contribution < 1.29 is 44.2 Å². The fourth-order valence-electron chi connectivity index (χ4n) is 3.50. The summed E-state index contributed by atoms with van der Waals surface area (Å²) < 4.78 is 21.7. The first-order valence-electron chi connectivity index (χ1n) is 9.75. The van der Waals surface area contributed by atoms with Gasteiger partial charge in [0.05, 0.1) is 13.7 Å². The smallest absolute Gasteiger partial charge is 0.229 e. The van der Waals surface area contributed by atoms with Gasteiger partial charge in [-0.05, 0) is 24.3 Å². The van der Waals surface area contributed by atoms with E-state index in [4.69, 9.17) is 18.6 Å². The molecule has 1 aliphatic rings. The number of aromatic hydroxyl groups is 1. The third kappa shape index (κ3) is 4.01. The molecule has 2 aromatic carbocycles. The van der Waals surface area contributed by atoms with E-state index in [1.807, 2.05) is 0 Å². The molecule has 5 N–H and O–H groups in total. The number of benzene rings is 2. The second kappa shape index (κ2) is 8.77. The molecule has 3 aromatic rings. The Labute approximate surface area is 181 Å². The molecule has 0 aliphatic carbocycles. The molecule has 0 unspecified atom stereocenters. The van der Waals surface area contributed by atoms with E-state index >= 15 is 0 Å². The summed E-state index contributed by atoms with van der Waals surface area (Å²) in [6, 6.07) is 10.3. The van der Waals surface area contributed by atoms with Gasteiger partial charge in [-0.2, -0.15) is 0 Å². The third-order valence-corrected chi connectivity index (χ3v) is 5.26. The molecule has 170 valence electrons. The number of aliphatic hydroxyl groups excluding tert-OH is 4. The second-order valence-electron chi connectivity index (χ2n) is 7.33. The Hall–Kier alpha value is -3.15. The van der Waals surface area contributed by atoms with Crippen LogP contribution >= 0.6 is 0 Å². The summed E-state index contributed by atoms with van der Waals surface area (Å²) in [5, 5.41) is 49.2. The fourth-order valence-corrected chi connectivity index (χ4v) is 3.50. The minimum atomic E-state index is -1.55. The first-order valence-corrected chi connectivity index (χ1v) is 9.75. The lowest BCUT2D eigenvalue weighted by Crippen LogP contribution is -2.60. The van der Waals surface area contributed by atoms with Crippen molar-refractivity contribution in [2.45, 2.75) is 30.7 Å². The Morgan fingerprint density at radius 3 is 2.34 bits per heavy atom. The van der Waals surface area contributed by atoms with Crippen molar-refractivity contribution in [2.75, 3.05) is 13.7 Å². The van der Waals surface area contributed by atoms with E-state index in [2.05, 4.69) is 0 Å². The Kier molecular flexibility index (Phi) is 6.04. The maximum absolute atomic E-state index is 12.5. The van der Waals surface area contributed by atoms with E-state index in [1.165, 1.54) is 37.4 Å². The van der Waals surface area contributed by atoms with Crippen LogP contribution in [0.25, 0.3) is 22.3 Å². The first-order chi connectivity index (χ1) is 15.3. The van der Waals surface area contributed by atoms with E-state index in [0.29, 0.717) is 11.3 Å². The molecule has 1 fully saturated rings. The Bertz CT molecular complexity index is 1150. The third-order valence-electron chi connectivity index (χ3n) is 5.26. The van der Waals surface area contributed by atoms with Crippen LogP contribution in [0.4, 0.5) is 0 Å². The molecular formula is C22H22O10. The Balaban J connectivity index is 1.59. The molecule has 4 rings (SSSR count). The van der Waals surface area contributed by atoms with Crippen LogP contribution in [0.1, 0.15) is 0 Å². The number of rotatable bonds is 5. The van der Waals surface area contributed by atoms with Crippen molar-refractivity contribution in [1.82, 2.24) is 0 Å². The van der Waals surface area contributed by atoms with Crippen LogP contribution in [0, 0.1) is 0 Å². The van der Waals surface area contributed by atoms with Gasteiger partial charge in [-0.15, -0.1) is 0 Å². The number of hydrogen-bond acceptors (Lipinski definition) is 10. The zero-order valence-corrected chi connectivity index (χ0v) is 16.9. The predicted octanol–water partition coefficient (Wildman–Crippen LogP) is 0.353. The molecule has 0 saturated carbocycles. The van der Waals surface area contributed by atoms with Crippen LogP contribution in [-0.4, -0.2) is 70.0 Å². The lowest BCUT2D eigenvalue weighted by atomic mass is 9.99. The molecule has 5 atom stereocenters. The van der Waals surface area contributed by atoms with E-state index < -0.39 is 42.7 Å². The Morgan fingerprint density at radius 2 is 1.69 bits per heavy atom. The molecule has 10 heteroatoms. The standard InChI is InChI=1S/C22H22O10/c1-29-12-6-13(24)18-14(25)8-15(31-16(18)7-12)10-2-4-11(5-3-10)30-22-21(28)20(27)19(26)17(9-23)32-22/h2-8,17,19-24,26-28H,9H2,1H3/t17-,19-,20+,21-,22+/m1/s1. The normalized spacial score (nSPS) is 25.6. The summed E-state index contributed by atoms with van der Waals surface area (Å²) in [6.45, 7) is -0.564. The molecule has 0 spiro atoms.